The zero-order chi connectivity index (χ0) is 15.4. The van der Waals surface area contributed by atoms with Crippen molar-refractivity contribution in [3.63, 3.8) is 0 Å². The van der Waals surface area contributed by atoms with E-state index in [2.05, 4.69) is 10.6 Å². The third-order valence-electron chi connectivity index (χ3n) is 2.76. The van der Waals surface area contributed by atoms with Crippen molar-refractivity contribution in [1.82, 2.24) is 0 Å². The molecular formula is C15H15Cl2N3O. The van der Waals surface area contributed by atoms with Gasteiger partial charge in [0.1, 0.15) is 0 Å². The maximum Gasteiger partial charge on any atom is 0.323 e. The molecule has 0 radical (unpaired) electrons. The Labute approximate surface area is 133 Å². The molecule has 2 rings (SSSR count). The van der Waals surface area contributed by atoms with Gasteiger partial charge in [-0.2, -0.15) is 0 Å². The molecule has 0 heterocycles. The quantitative estimate of drug-likeness (QED) is 0.859. The minimum Gasteiger partial charge on any atom is -0.378 e. The van der Waals surface area contributed by atoms with Crippen LogP contribution >= 0.6 is 23.2 Å². The summed E-state index contributed by atoms with van der Waals surface area (Å²) >= 11 is 11.8. The van der Waals surface area contributed by atoms with Crippen LogP contribution in [0.1, 0.15) is 0 Å². The zero-order valence-corrected chi connectivity index (χ0v) is 13.2. The zero-order valence-electron chi connectivity index (χ0n) is 11.7. The number of carbonyl (C=O) groups excluding carboxylic acids is 1. The molecule has 2 aromatic rings. The summed E-state index contributed by atoms with van der Waals surface area (Å²) in [7, 11) is 3.91. The molecule has 0 saturated carbocycles. The highest BCUT2D eigenvalue weighted by molar-refractivity contribution is 6.35. The Balaban J connectivity index is 2.01. The van der Waals surface area contributed by atoms with Gasteiger partial charge < -0.3 is 15.5 Å². The van der Waals surface area contributed by atoms with Crippen LogP contribution in [-0.2, 0) is 0 Å². The van der Waals surface area contributed by atoms with Crippen LogP contribution in [0.2, 0.25) is 10.0 Å². The normalized spacial score (nSPS) is 10.1. The molecule has 0 aliphatic carbocycles. The van der Waals surface area contributed by atoms with E-state index in [-0.39, 0.29) is 6.03 Å². The van der Waals surface area contributed by atoms with E-state index in [1.165, 1.54) is 0 Å². The van der Waals surface area contributed by atoms with Gasteiger partial charge in [-0.15, -0.1) is 0 Å². The lowest BCUT2D eigenvalue weighted by Crippen LogP contribution is -2.19. The van der Waals surface area contributed by atoms with Gasteiger partial charge in [0.05, 0.1) is 0 Å². The van der Waals surface area contributed by atoms with E-state index < -0.39 is 0 Å². The first kappa shape index (κ1) is 15.5. The van der Waals surface area contributed by atoms with E-state index >= 15 is 0 Å². The second-order valence-electron chi connectivity index (χ2n) is 4.68. The van der Waals surface area contributed by atoms with Gasteiger partial charge >= 0.3 is 6.03 Å². The van der Waals surface area contributed by atoms with Gasteiger partial charge in [0.2, 0.25) is 0 Å². The van der Waals surface area contributed by atoms with Crippen molar-refractivity contribution < 1.29 is 4.79 Å². The van der Waals surface area contributed by atoms with E-state index in [0.717, 1.165) is 5.69 Å². The molecule has 0 aromatic heterocycles. The summed E-state index contributed by atoms with van der Waals surface area (Å²) < 4.78 is 0. The smallest absolute Gasteiger partial charge is 0.323 e. The van der Waals surface area contributed by atoms with Crippen LogP contribution in [0.25, 0.3) is 0 Å². The van der Waals surface area contributed by atoms with Crippen LogP contribution in [0.5, 0.6) is 0 Å². The van der Waals surface area contributed by atoms with Crippen LogP contribution in [0, 0.1) is 0 Å². The van der Waals surface area contributed by atoms with Crippen LogP contribution in [0.4, 0.5) is 21.9 Å². The van der Waals surface area contributed by atoms with Crippen LogP contribution < -0.4 is 15.5 Å². The molecule has 110 valence electrons. The van der Waals surface area contributed by atoms with Crippen LogP contribution in [0.15, 0.2) is 42.5 Å². The molecule has 0 spiro atoms. The van der Waals surface area contributed by atoms with Crippen molar-refractivity contribution >= 4 is 46.3 Å². The third kappa shape index (κ3) is 4.55. The Kier molecular flexibility index (Phi) is 4.94. The number of halogens is 2. The van der Waals surface area contributed by atoms with E-state index in [1.54, 1.807) is 18.2 Å². The lowest BCUT2D eigenvalue weighted by Gasteiger charge is -2.13. The Morgan fingerprint density at radius 3 is 1.95 bits per heavy atom. The number of hydrogen-bond donors (Lipinski definition) is 2. The number of hydrogen-bond acceptors (Lipinski definition) is 2. The average molecular weight is 324 g/mol. The lowest BCUT2D eigenvalue weighted by molar-refractivity contribution is 0.262. The summed E-state index contributed by atoms with van der Waals surface area (Å²) in [6.07, 6.45) is 0. The standard InChI is InChI=1S/C15H15Cl2N3O/c1-20(2)14-5-3-12(4-6-14)18-15(21)19-13-8-10(16)7-11(17)9-13/h3-9H,1-2H3,(H2,18,19,21). The maximum atomic E-state index is 11.9. The summed E-state index contributed by atoms with van der Waals surface area (Å²) in [6, 6.07) is 12.0. The summed E-state index contributed by atoms with van der Waals surface area (Å²) in [5.74, 6) is 0. The highest BCUT2D eigenvalue weighted by Crippen LogP contribution is 2.22. The van der Waals surface area contributed by atoms with Crippen molar-refractivity contribution in [3.8, 4) is 0 Å². The second-order valence-corrected chi connectivity index (χ2v) is 5.55. The van der Waals surface area contributed by atoms with E-state index in [9.17, 15) is 4.79 Å². The predicted octanol–water partition coefficient (Wildman–Crippen LogP) is 4.70. The Morgan fingerprint density at radius 1 is 0.905 bits per heavy atom. The molecule has 0 aliphatic heterocycles. The Bertz CT molecular complexity index is 622. The van der Waals surface area contributed by atoms with Crippen molar-refractivity contribution in [2.45, 2.75) is 0 Å². The van der Waals surface area contributed by atoms with Gasteiger partial charge in [-0.3, -0.25) is 0 Å². The average Bonchev–Trinajstić information content (AvgIpc) is 2.37. The second kappa shape index (κ2) is 6.70. The van der Waals surface area contributed by atoms with Crippen LogP contribution in [-0.4, -0.2) is 20.1 Å². The Hall–Kier alpha value is -1.91. The number of nitrogens with zero attached hydrogens (tertiary/aromatic N) is 1. The molecule has 2 aromatic carbocycles. The molecule has 4 nitrogen and oxygen atoms in total. The first-order chi connectivity index (χ1) is 9.94. The van der Waals surface area contributed by atoms with Gasteiger partial charge in [0.15, 0.2) is 0 Å². The molecule has 0 saturated heterocycles. The number of nitrogens with one attached hydrogen (secondary N) is 2. The maximum absolute atomic E-state index is 11.9. The number of amides is 2. The summed E-state index contributed by atoms with van der Waals surface area (Å²) in [5, 5.41) is 6.35. The minimum absolute atomic E-state index is 0.356. The monoisotopic (exact) mass is 323 g/mol. The molecule has 0 bridgehead atoms. The fourth-order valence-corrected chi connectivity index (χ4v) is 2.29. The fraction of sp³-hybridized carbons (Fsp3) is 0.133. The topological polar surface area (TPSA) is 44.4 Å². The first-order valence-corrected chi connectivity index (χ1v) is 7.01. The molecular weight excluding hydrogens is 309 g/mol. The number of carbonyl (C=O) groups is 1. The minimum atomic E-state index is -0.356. The number of benzene rings is 2. The number of urea groups is 1. The van der Waals surface area contributed by atoms with E-state index in [1.807, 2.05) is 43.3 Å². The molecule has 0 fully saturated rings. The highest BCUT2D eigenvalue weighted by atomic mass is 35.5. The predicted molar refractivity (Wildman–Crippen MR) is 89.9 cm³/mol. The summed E-state index contributed by atoms with van der Waals surface area (Å²) in [6.45, 7) is 0. The van der Waals surface area contributed by atoms with Gasteiger partial charge in [0, 0.05) is 41.2 Å². The van der Waals surface area contributed by atoms with Crippen molar-refractivity contribution in [2.24, 2.45) is 0 Å². The summed E-state index contributed by atoms with van der Waals surface area (Å²) in [5.41, 5.74) is 2.30. The van der Waals surface area contributed by atoms with Crippen molar-refractivity contribution in [1.29, 1.82) is 0 Å². The van der Waals surface area contributed by atoms with E-state index in [0.29, 0.717) is 21.4 Å². The Morgan fingerprint density at radius 2 is 1.43 bits per heavy atom. The largest absolute Gasteiger partial charge is 0.378 e. The van der Waals surface area contributed by atoms with Gasteiger partial charge in [-0.1, -0.05) is 23.2 Å². The molecule has 2 N–H and O–H groups in total. The fourth-order valence-electron chi connectivity index (χ4n) is 1.76. The molecule has 6 heteroatoms. The first-order valence-electron chi connectivity index (χ1n) is 6.25. The van der Waals surface area contributed by atoms with Crippen molar-refractivity contribution in [2.75, 3.05) is 29.6 Å². The molecule has 0 atom stereocenters. The van der Waals surface area contributed by atoms with Crippen molar-refractivity contribution in [3.05, 3.63) is 52.5 Å². The van der Waals surface area contributed by atoms with Crippen LogP contribution in [0.3, 0.4) is 0 Å². The van der Waals surface area contributed by atoms with Gasteiger partial charge in [-0.05, 0) is 42.5 Å². The number of anilines is 3. The van der Waals surface area contributed by atoms with Gasteiger partial charge in [0.25, 0.3) is 0 Å². The lowest BCUT2D eigenvalue weighted by atomic mass is 10.2. The molecule has 2 amide bonds. The summed E-state index contributed by atoms with van der Waals surface area (Å²) in [4.78, 5) is 13.9. The highest BCUT2D eigenvalue weighted by Gasteiger charge is 2.05. The molecule has 0 aliphatic rings. The van der Waals surface area contributed by atoms with E-state index in [4.69, 9.17) is 23.2 Å². The third-order valence-corrected chi connectivity index (χ3v) is 3.20. The SMILES string of the molecule is CN(C)c1ccc(NC(=O)Nc2cc(Cl)cc(Cl)c2)cc1. The number of rotatable bonds is 3. The van der Waals surface area contributed by atoms with Gasteiger partial charge in [-0.25, -0.2) is 4.79 Å². The molecule has 21 heavy (non-hydrogen) atoms. The molecule has 0 unspecified atom stereocenters.